The molecule has 0 bridgehead atoms. The first-order valence-electron chi connectivity index (χ1n) is 7.89. The number of hydrogen-bond donors (Lipinski definition) is 1. The van der Waals surface area contributed by atoms with Gasteiger partial charge in [-0.1, -0.05) is 19.0 Å². The van der Waals surface area contributed by atoms with E-state index in [0.29, 0.717) is 30.8 Å². The molecule has 7 nitrogen and oxygen atoms in total. The van der Waals surface area contributed by atoms with E-state index in [4.69, 9.17) is 9.26 Å². The lowest BCUT2D eigenvalue weighted by molar-refractivity contribution is -0.132. The van der Waals surface area contributed by atoms with Gasteiger partial charge in [0.1, 0.15) is 6.10 Å². The third-order valence-corrected chi connectivity index (χ3v) is 3.63. The van der Waals surface area contributed by atoms with Gasteiger partial charge in [-0.15, -0.1) is 12.4 Å². The van der Waals surface area contributed by atoms with Crippen LogP contribution < -0.4 is 5.32 Å². The lowest BCUT2D eigenvalue weighted by atomic mass is 10.2. The topological polar surface area (TPSA) is 80.5 Å². The fraction of sp³-hybridized carbons (Fsp3) is 0.800. The molecule has 0 saturated carbocycles. The molecule has 1 amide bonds. The number of likely N-dealkylation sites (N-methyl/N-ethyl adjacent to an activating group) is 1. The summed E-state index contributed by atoms with van der Waals surface area (Å²) in [4.78, 5) is 18.2. The van der Waals surface area contributed by atoms with Crippen molar-refractivity contribution < 1.29 is 14.1 Å². The Balaban J connectivity index is 0.00000264. The van der Waals surface area contributed by atoms with Crippen molar-refractivity contribution >= 4 is 18.3 Å². The molecule has 1 aliphatic rings. The second-order valence-electron chi connectivity index (χ2n) is 6.26. The van der Waals surface area contributed by atoms with Gasteiger partial charge in [0.05, 0.1) is 12.6 Å². The molecular weight excluding hydrogens is 320 g/mol. The molecular formula is C15H27ClN4O3. The SMILES string of the molecule is CC(C)COC(C)c1noc(CN(C)C(=O)C2CCCN2)n1.Cl. The van der Waals surface area contributed by atoms with Crippen LogP contribution in [0.4, 0.5) is 0 Å². The summed E-state index contributed by atoms with van der Waals surface area (Å²) in [7, 11) is 1.75. The van der Waals surface area contributed by atoms with Gasteiger partial charge >= 0.3 is 0 Å². The Morgan fingerprint density at radius 1 is 1.48 bits per heavy atom. The summed E-state index contributed by atoms with van der Waals surface area (Å²) in [5.41, 5.74) is 0. The fourth-order valence-electron chi connectivity index (χ4n) is 2.35. The summed E-state index contributed by atoms with van der Waals surface area (Å²) in [5.74, 6) is 1.48. The average molecular weight is 347 g/mol. The van der Waals surface area contributed by atoms with Crippen molar-refractivity contribution in [3.8, 4) is 0 Å². The van der Waals surface area contributed by atoms with Gasteiger partial charge in [0.15, 0.2) is 5.82 Å². The van der Waals surface area contributed by atoms with Crippen molar-refractivity contribution in [2.24, 2.45) is 5.92 Å². The summed E-state index contributed by atoms with van der Waals surface area (Å²) in [6.07, 6.45) is 1.72. The van der Waals surface area contributed by atoms with Crippen molar-refractivity contribution in [3.05, 3.63) is 11.7 Å². The van der Waals surface area contributed by atoms with Crippen LogP contribution in [-0.2, 0) is 16.1 Å². The standard InChI is InChI=1S/C15H26N4O3.ClH/c1-10(2)9-21-11(3)14-17-13(22-18-14)8-19(4)15(20)12-6-5-7-16-12;/h10-12,16H,5-9H2,1-4H3;1H. The first-order valence-corrected chi connectivity index (χ1v) is 7.89. The minimum absolute atomic E-state index is 0. The van der Waals surface area contributed by atoms with Gasteiger partial charge in [0.2, 0.25) is 11.8 Å². The lowest BCUT2D eigenvalue weighted by Crippen LogP contribution is -2.41. The lowest BCUT2D eigenvalue weighted by Gasteiger charge is -2.19. The number of carbonyl (C=O) groups excluding carboxylic acids is 1. The van der Waals surface area contributed by atoms with Crippen molar-refractivity contribution in [2.75, 3.05) is 20.2 Å². The molecule has 1 fully saturated rings. The molecule has 1 N–H and O–H groups in total. The molecule has 2 rings (SSSR count). The summed E-state index contributed by atoms with van der Waals surface area (Å²) >= 11 is 0. The Morgan fingerprint density at radius 2 is 2.22 bits per heavy atom. The van der Waals surface area contributed by atoms with Crippen LogP contribution in [0, 0.1) is 5.92 Å². The van der Waals surface area contributed by atoms with Gasteiger partial charge in [-0.25, -0.2) is 0 Å². The van der Waals surface area contributed by atoms with Crippen molar-refractivity contribution in [2.45, 2.75) is 52.3 Å². The molecule has 0 spiro atoms. The van der Waals surface area contributed by atoms with Gasteiger partial charge in [0.25, 0.3) is 0 Å². The maximum Gasteiger partial charge on any atom is 0.246 e. The number of halogens is 1. The van der Waals surface area contributed by atoms with Crippen LogP contribution in [0.1, 0.15) is 51.4 Å². The zero-order valence-corrected chi connectivity index (χ0v) is 15.1. The number of ether oxygens (including phenoxy) is 1. The van der Waals surface area contributed by atoms with E-state index >= 15 is 0 Å². The number of rotatable bonds is 7. The maximum absolute atomic E-state index is 12.2. The molecule has 2 heterocycles. The van der Waals surface area contributed by atoms with Gasteiger partial charge in [0, 0.05) is 13.7 Å². The van der Waals surface area contributed by atoms with Crippen LogP contribution in [0.15, 0.2) is 4.52 Å². The molecule has 1 aliphatic heterocycles. The molecule has 132 valence electrons. The van der Waals surface area contributed by atoms with Gasteiger partial charge in [-0.3, -0.25) is 4.79 Å². The first-order chi connectivity index (χ1) is 10.5. The Bertz CT molecular complexity index is 489. The van der Waals surface area contributed by atoms with Gasteiger partial charge in [-0.2, -0.15) is 4.98 Å². The van der Waals surface area contributed by atoms with E-state index in [1.807, 2.05) is 6.92 Å². The van der Waals surface area contributed by atoms with Crippen molar-refractivity contribution in [1.82, 2.24) is 20.4 Å². The highest BCUT2D eigenvalue weighted by Crippen LogP contribution is 2.15. The van der Waals surface area contributed by atoms with E-state index in [0.717, 1.165) is 19.4 Å². The molecule has 0 aliphatic carbocycles. The molecule has 0 radical (unpaired) electrons. The van der Waals surface area contributed by atoms with E-state index in [-0.39, 0.29) is 30.5 Å². The highest BCUT2D eigenvalue weighted by Gasteiger charge is 2.26. The molecule has 2 unspecified atom stereocenters. The van der Waals surface area contributed by atoms with E-state index in [9.17, 15) is 4.79 Å². The highest BCUT2D eigenvalue weighted by molar-refractivity contribution is 5.85. The van der Waals surface area contributed by atoms with Crippen LogP contribution in [-0.4, -0.2) is 47.2 Å². The van der Waals surface area contributed by atoms with Crippen LogP contribution in [0.5, 0.6) is 0 Å². The monoisotopic (exact) mass is 346 g/mol. The second-order valence-corrected chi connectivity index (χ2v) is 6.26. The predicted octanol–water partition coefficient (Wildman–Crippen LogP) is 1.94. The Kier molecular flexibility index (Phi) is 7.94. The number of aromatic nitrogens is 2. The van der Waals surface area contributed by atoms with E-state index < -0.39 is 0 Å². The quantitative estimate of drug-likeness (QED) is 0.812. The van der Waals surface area contributed by atoms with Crippen LogP contribution >= 0.6 is 12.4 Å². The van der Waals surface area contributed by atoms with E-state index in [1.165, 1.54) is 0 Å². The third-order valence-electron chi connectivity index (χ3n) is 3.63. The number of nitrogens with zero attached hydrogens (tertiary/aromatic N) is 3. The maximum atomic E-state index is 12.2. The molecule has 0 aromatic carbocycles. The third kappa shape index (κ3) is 5.75. The number of nitrogens with one attached hydrogen (secondary N) is 1. The summed E-state index contributed by atoms with van der Waals surface area (Å²) < 4.78 is 10.9. The second kappa shape index (κ2) is 9.20. The van der Waals surface area contributed by atoms with Gasteiger partial charge < -0.3 is 19.5 Å². The van der Waals surface area contributed by atoms with E-state index in [2.05, 4.69) is 29.3 Å². The largest absolute Gasteiger partial charge is 0.370 e. The fourth-order valence-corrected chi connectivity index (χ4v) is 2.35. The summed E-state index contributed by atoms with van der Waals surface area (Å²) in [6, 6.07) is -0.0827. The predicted molar refractivity (Wildman–Crippen MR) is 88.2 cm³/mol. The number of hydrogen-bond acceptors (Lipinski definition) is 6. The Hall–Kier alpha value is -1.18. The molecule has 1 saturated heterocycles. The number of carbonyl (C=O) groups is 1. The molecule has 1 aromatic rings. The minimum Gasteiger partial charge on any atom is -0.370 e. The first kappa shape index (κ1) is 19.9. The average Bonchev–Trinajstić information content (AvgIpc) is 3.15. The Morgan fingerprint density at radius 3 is 2.83 bits per heavy atom. The molecule has 8 heteroatoms. The molecule has 2 atom stereocenters. The highest BCUT2D eigenvalue weighted by atomic mass is 35.5. The minimum atomic E-state index is -0.211. The number of amides is 1. The van der Waals surface area contributed by atoms with Gasteiger partial charge in [-0.05, 0) is 32.2 Å². The van der Waals surface area contributed by atoms with Crippen LogP contribution in [0.3, 0.4) is 0 Å². The summed E-state index contributed by atoms with van der Waals surface area (Å²) in [6.45, 7) is 7.95. The molecule has 1 aromatic heterocycles. The van der Waals surface area contributed by atoms with Crippen LogP contribution in [0.2, 0.25) is 0 Å². The Labute approximate surface area is 143 Å². The van der Waals surface area contributed by atoms with E-state index in [1.54, 1.807) is 11.9 Å². The zero-order valence-electron chi connectivity index (χ0n) is 14.2. The zero-order chi connectivity index (χ0) is 16.1. The summed E-state index contributed by atoms with van der Waals surface area (Å²) in [5, 5.41) is 7.14. The van der Waals surface area contributed by atoms with Crippen LogP contribution in [0.25, 0.3) is 0 Å². The molecule has 23 heavy (non-hydrogen) atoms. The van der Waals surface area contributed by atoms with Crippen molar-refractivity contribution in [3.63, 3.8) is 0 Å². The van der Waals surface area contributed by atoms with Crippen molar-refractivity contribution in [1.29, 1.82) is 0 Å². The smallest absolute Gasteiger partial charge is 0.246 e. The normalized spacial score (nSPS) is 18.7.